The Morgan fingerprint density at radius 3 is 2.82 bits per heavy atom. The van der Waals surface area contributed by atoms with E-state index in [4.69, 9.17) is 11.5 Å². The smallest absolute Gasteiger partial charge is 0.225 e. The molecule has 8 heteroatoms. The fourth-order valence-electron chi connectivity index (χ4n) is 2.77. The summed E-state index contributed by atoms with van der Waals surface area (Å²) < 4.78 is 1.60. The summed E-state index contributed by atoms with van der Waals surface area (Å²) in [6, 6.07) is 5.17. The lowest BCUT2D eigenvalue weighted by atomic mass is 10.1. The van der Waals surface area contributed by atoms with Crippen molar-refractivity contribution in [3.63, 3.8) is 0 Å². The number of hydrogen-bond donors (Lipinski definition) is 3. The van der Waals surface area contributed by atoms with E-state index >= 15 is 0 Å². The molecule has 0 aliphatic heterocycles. The molecule has 2 aromatic rings. The molecule has 0 bridgehead atoms. The van der Waals surface area contributed by atoms with Crippen LogP contribution in [-0.4, -0.2) is 42.9 Å². The van der Waals surface area contributed by atoms with Crippen molar-refractivity contribution < 1.29 is 9.90 Å². The molecule has 3 atom stereocenters. The number of aliphatic hydroxyl groups excluding tert-OH is 1. The third-order valence-electron chi connectivity index (χ3n) is 3.82. The molecular formula is C14H18N6O2. The highest BCUT2D eigenvalue weighted by Crippen LogP contribution is 2.33. The zero-order valence-electron chi connectivity index (χ0n) is 12.0. The second-order valence-electron chi connectivity index (χ2n) is 5.53. The third-order valence-corrected chi connectivity index (χ3v) is 3.82. The lowest BCUT2D eigenvalue weighted by Gasteiger charge is -2.10. The van der Waals surface area contributed by atoms with Gasteiger partial charge in [0.15, 0.2) is 11.6 Å². The largest absolute Gasteiger partial charge is 0.391 e. The highest BCUT2D eigenvalue weighted by molar-refractivity contribution is 5.75. The fourth-order valence-corrected chi connectivity index (χ4v) is 2.77. The summed E-state index contributed by atoms with van der Waals surface area (Å²) in [6.07, 6.45) is 2.20. The van der Waals surface area contributed by atoms with Crippen molar-refractivity contribution in [2.45, 2.75) is 37.3 Å². The van der Waals surface area contributed by atoms with Crippen LogP contribution in [0.4, 0.5) is 0 Å². The number of pyridine rings is 1. The third kappa shape index (κ3) is 2.83. The first kappa shape index (κ1) is 14.6. The Hall–Kier alpha value is -2.32. The molecule has 3 rings (SSSR count). The molecule has 22 heavy (non-hydrogen) atoms. The van der Waals surface area contributed by atoms with E-state index < -0.39 is 12.0 Å². The van der Waals surface area contributed by atoms with Gasteiger partial charge in [-0.3, -0.25) is 4.79 Å². The van der Waals surface area contributed by atoms with Gasteiger partial charge in [-0.05, 0) is 25.0 Å². The standard InChI is InChI=1S/C14H18N6O2/c15-9-5-8(6-10(9)21)14-18-12(7-11(16)22)19-20(14)13-3-1-2-4-17-13/h1-4,8-10,21H,5-7,15H2,(H2,16,22)/t8-,9+,10+/m0/s1. The minimum Gasteiger partial charge on any atom is -0.391 e. The highest BCUT2D eigenvalue weighted by Gasteiger charge is 2.35. The molecule has 0 aromatic carbocycles. The van der Waals surface area contributed by atoms with Crippen molar-refractivity contribution in [1.29, 1.82) is 0 Å². The molecule has 1 fully saturated rings. The molecule has 1 aliphatic carbocycles. The second-order valence-corrected chi connectivity index (χ2v) is 5.53. The van der Waals surface area contributed by atoms with Crippen LogP contribution in [0.1, 0.15) is 30.4 Å². The van der Waals surface area contributed by atoms with E-state index in [1.54, 1.807) is 23.0 Å². The Bertz CT molecular complexity index is 661. The summed E-state index contributed by atoms with van der Waals surface area (Å²) >= 11 is 0. The van der Waals surface area contributed by atoms with E-state index in [0.29, 0.717) is 30.3 Å². The van der Waals surface area contributed by atoms with E-state index in [1.165, 1.54) is 0 Å². The van der Waals surface area contributed by atoms with Crippen LogP contribution in [0.2, 0.25) is 0 Å². The molecule has 1 saturated carbocycles. The van der Waals surface area contributed by atoms with Gasteiger partial charge in [-0.1, -0.05) is 6.07 Å². The number of primary amides is 1. The van der Waals surface area contributed by atoms with Crippen LogP contribution < -0.4 is 11.5 Å². The number of aliphatic hydroxyl groups is 1. The van der Waals surface area contributed by atoms with Crippen molar-refractivity contribution in [3.05, 3.63) is 36.0 Å². The maximum absolute atomic E-state index is 11.1. The van der Waals surface area contributed by atoms with Crippen molar-refractivity contribution in [2.75, 3.05) is 0 Å². The molecular weight excluding hydrogens is 284 g/mol. The van der Waals surface area contributed by atoms with E-state index in [2.05, 4.69) is 15.1 Å². The van der Waals surface area contributed by atoms with Gasteiger partial charge in [-0.25, -0.2) is 9.97 Å². The highest BCUT2D eigenvalue weighted by atomic mass is 16.3. The van der Waals surface area contributed by atoms with Crippen LogP contribution in [0.3, 0.4) is 0 Å². The lowest BCUT2D eigenvalue weighted by Crippen LogP contribution is -2.28. The summed E-state index contributed by atoms with van der Waals surface area (Å²) in [5.74, 6) is 1.09. The van der Waals surface area contributed by atoms with E-state index in [9.17, 15) is 9.90 Å². The minimum atomic E-state index is -0.557. The molecule has 1 amide bonds. The van der Waals surface area contributed by atoms with Crippen LogP contribution in [0.5, 0.6) is 0 Å². The molecule has 8 nitrogen and oxygen atoms in total. The Morgan fingerprint density at radius 1 is 1.41 bits per heavy atom. The number of carbonyl (C=O) groups excluding carboxylic acids is 1. The SMILES string of the molecule is NC(=O)Cc1nc([C@H]2C[C@@H](N)[C@H](O)C2)n(-c2ccccn2)n1. The molecule has 5 N–H and O–H groups in total. The Balaban J connectivity index is 2.00. The molecule has 1 aliphatic rings. The summed E-state index contributed by atoms with van der Waals surface area (Å²) in [6.45, 7) is 0. The van der Waals surface area contributed by atoms with Crippen molar-refractivity contribution >= 4 is 5.91 Å². The zero-order valence-corrected chi connectivity index (χ0v) is 12.0. The Morgan fingerprint density at radius 2 is 2.23 bits per heavy atom. The van der Waals surface area contributed by atoms with Crippen molar-refractivity contribution in [2.24, 2.45) is 11.5 Å². The van der Waals surface area contributed by atoms with E-state index in [1.807, 2.05) is 6.07 Å². The first-order valence-electron chi connectivity index (χ1n) is 7.13. The van der Waals surface area contributed by atoms with Crippen molar-refractivity contribution in [3.8, 4) is 5.82 Å². The molecule has 0 spiro atoms. The predicted molar refractivity (Wildman–Crippen MR) is 78.0 cm³/mol. The minimum absolute atomic E-state index is 0.0267. The van der Waals surface area contributed by atoms with Gasteiger partial charge < -0.3 is 16.6 Å². The Kier molecular flexibility index (Phi) is 3.86. The number of carbonyl (C=O) groups is 1. The average molecular weight is 302 g/mol. The van der Waals surface area contributed by atoms with Crippen LogP contribution in [-0.2, 0) is 11.2 Å². The first-order chi connectivity index (χ1) is 10.5. The van der Waals surface area contributed by atoms with Gasteiger partial charge in [-0.15, -0.1) is 5.10 Å². The number of aromatic nitrogens is 4. The second kappa shape index (κ2) is 5.82. The van der Waals surface area contributed by atoms with Crippen LogP contribution in [0.15, 0.2) is 24.4 Å². The maximum atomic E-state index is 11.1. The average Bonchev–Trinajstić information content (AvgIpc) is 3.04. The van der Waals surface area contributed by atoms with Gasteiger partial charge in [0.25, 0.3) is 0 Å². The topological polar surface area (TPSA) is 133 Å². The summed E-state index contributed by atoms with van der Waals surface area (Å²) in [5.41, 5.74) is 11.1. The molecule has 116 valence electrons. The van der Waals surface area contributed by atoms with E-state index in [0.717, 1.165) is 0 Å². The van der Waals surface area contributed by atoms with Gasteiger partial charge in [0.05, 0.1) is 12.5 Å². The predicted octanol–water partition coefficient (Wildman–Crippen LogP) is -0.744. The Labute approximate surface area is 127 Å². The van der Waals surface area contributed by atoms with Crippen LogP contribution in [0.25, 0.3) is 5.82 Å². The van der Waals surface area contributed by atoms with Gasteiger partial charge in [0.1, 0.15) is 5.82 Å². The van der Waals surface area contributed by atoms with Crippen molar-refractivity contribution in [1.82, 2.24) is 19.7 Å². The normalized spacial score (nSPS) is 24.5. The maximum Gasteiger partial charge on any atom is 0.225 e. The van der Waals surface area contributed by atoms with E-state index in [-0.39, 0.29) is 18.4 Å². The molecule has 2 heterocycles. The monoisotopic (exact) mass is 302 g/mol. The molecule has 2 aromatic heterocycles. The molecule has 0 unspecified atom stereocenters. The van der Waals surface area contributed by atoms with Crippen LogP contribution in [0, 0.1) is 0 Å². The summed E-state index contributed by atoms with van der Waals surface area (Å²) in [5, 5.41) is 14.2. The van der Waals surface area contributed by atoms with Gasteiger partial charge in [0, 0.05) is 18.2 Å². The van der Waals surface area contributed by atoms with Gasteiger partial charge in [0.2, 0.25) is 5.91 Å². The molecule has 0 saturated heterocycles. The van der Waals surface area contributed by atoms with Gasteiger partial charge >= 0.3 is 0 Å². The number of hydrogen-bond acceptors (Lipinski definition) is 6. The number of rotatable bonds is 4. The number of amides is 1. The zero-order chi connectivity index (χ0) is 15.7. The number of nitrogens with two attached hydrogens (primary N) is 2. The van der Waals surface area contributed by atoms with Crippen LogP contribution >= 0.6 is 0 Å². The van der Waals surface area contributed by atoms with Gasteiger partial charge in [-0.2, -0.15) is 4.68 Å². The number of nitrogens with zero attached hydrogens (tertiary/aromatic N) is 4. The quantitative estimate of drug-likeness (QED) is 0.681. The first-order valence-corrected chi connectivity index (χ1v) is 7.13. The molecule has 0 radical (unpaired) electrons. The lowest BCUT2D eigenvalue weighted by molar-refractivity contribution is -0.117. The summed E-state index contributed by atoms with van der Waals surface area (Å²) in [4.78, 5) is 19.8. The fraction of sp³-hybridized carbons (Fsp3) is 0.429. The summed E-state index contributed by atoms with van der Waals surface area (Å²) in [7, 11) is 0.